The molecule has 1 N–H and O–H groups in total. The summed E-state index contributed by atoms with van der Waals surface area (Å²) in [4.78, 5) is 26.4. The average molecular weight is 631 g/mol. The molecule has 0 aliphatic rings. The van der Waals surface area contributed by atoms with E-state index < -0.39 is 28.1 Å². The third-order valence-corrected chi connectivity index (χ3v) is 17.0. The van der Waals surface area contributed by atoms with Gasteiger partial charge in [-0.15, -0.1) is 22.7 Å². The summed E-state index contributed by atoms with van der Waals surface area (Å²) in [5.41, 5.74) is 3.23. The van der Waals surface area contributed by atoms with Crippen LogP contribution < -0.4 is 9.00 Å². The fourth-order valence-corrected chi connectivity index (χ4v) is 10.9. The fourth-order valence-electron chi connectivity index (χ4n) is 4.89. The number of rotatable bonds is 8. The number of thiophene rings is 2. The topological polar surface area (TPSA) is 63.6 Å². The number of fused-ring (bicyclic) bond motifs is 2. The Labute approximate surface area is 258 Å². The van der Waals surface area contributed by atoms with Gasteiger partial charge in [0.05, 0.1) is 33.4 Å². The SMILES string of the molecule is CCC(C)OC(=O)c1cc(-c2ccc3cc([Si](C)(C)C)sc3c2)c(C(=O)O)cc1-c1ccc2cc([Si](C)(C)C)sc2c1. The van der Waals surface area contributed by atoms with Gasteiger partial charge in [0.15, 0.2) is 0 Å². The lowest BCUT2D eigenvalue weighted by atomic mass is 9.90. The predicted octanol–water partition coefficient (Wildman–Crippen LogP) is 9.19. The van der Waals surface area contributed by atoms with E-state index in [-0.39, 0.29) is 11.7 Å². The molecule has 0 spiro atoms. The molecule has 5 aromatic rings. The lowest BCUT2D eigenvalue weighted by molar-refractivity contribution is 0.0335. The molecule has 0 radical (unpaired) electrons. The van der Waals surface area contributed by atoms with Crippen molar-refractivity contribution in [1.29, 1.82) is 0 Å². The van der Waals surface area contributed by atoms with Crippen molar-refractivity contribution in [3.63, 3.8) is 0 Å². The summed E-state index contributed by atoms with van der Waals surface area (Å²) in [7, 11) is -2.99. The molecule has 0 aliphatic heterocycles. The Hall–Kier alpha value is -3.05. The van der Waals surface area contributed by atoms with E-state index in [0.717, 1.165) is 25.9 Å². The number of carbonyl (C=O) groups excluding carboxylic acids is 1. The highest BCUT2D eigenvalue weighted by Crippen LogP contribution is 2.37. The van der Waals surface area contributed by atoms with Gasteiger partial charge in [-0.05, 0) is 91.8 Å². The van der Waals surface area contributed by atoms with Crippen LogP contribution in [0.1, 0.15) is 41.0 Å². The van der Waals surface area contributed by atoms with E-state index in [1.165, 1.54) is 14.4 Å². The van der Waals surface area contributed by atoms with Crippen molar-refractivity contribution in [3.05, 3.63) is 71.8 Å². The molecule has 8 heteroatoms. The average Bonchev–Trinajstić information content (AvgIpc) is 3.56. The number of benzene rings is 3. The smallest absolute Gasteiger partial charge is 0.339 e. The van der Waals surface area contributed by atoms with Gasteiger partial charge in [0.1, 0.15) is 0 Å². The minimum atomic E-state index is -1.49. The van der Waals surface area contributed by atoms with Crippen molar-refractivity contribution in [2.24, 2.45) is 0 Å². The monoisotopic (exact) mass is 630 g/mol. The molecule has 1 unspecified atom stereocenters. The number of ether oxygens (including phenoxy) is 1. The summed E-state index contributed by atoms with van der Waals surface area (Å²) in [5.74, 6) is -1.47. The highest BCUT2D eigenvalue weighted by atomic mass is 32.1. The zero-order valence-corrected chi connectivity index (χ0v) is 29.2. The van der Waals surface area contributed by atoms with Crippen LogP contribution in [0.5, 0.6) is 0 Å². The van der Waals surface area contributed by atoms with Crippen molar-refractivity contribution in [3.8, 4) is 22.3 Å². The second-order valence-corrected chi connectivity index (χ2v) is 26.1. The first-order valence-corrected chi connectivity index (χ1v) is 23.0. The molecule has 0 amide bonds. The highest BCUT2D eigenvalue weighted by molar-refractivity contribution is 7.31. The van der Waals surface area contributed by atoms with Crippen molar-refractivity contribution < 1.29 is 19.4 Å². The molecule has 218 valence electrons. The van der Waals surface area contributed by atoms with Crippen molar-refractivity contribution in [2.75, 3.05) is 0 Å². The lowest BCUT2D eigenvalue weighted by Crippen LogP contribution is -2.34. The van der Waals surface area contributed by atoms with Gasteiger partial charge in [-0.2, -0.15) is 0 Å². The summed E-state index contributed by atoms with van der Waals surface area (Å²) < 4.78 is 10.9. The molecule has 3 aromatic carbocycles. The molecule has 4 nitrogen and oxygen atoms in total. The molecule has 0 saturated heterocycles. The van der Waals surface area contributed by atoms with Crippen molar-refractivity contribution in [1.82, 2.24) is 0 Å². The van der Waals surface area contributed by atoms with Gasteiger partial charge in [0.25, 0.3) is 0 Å². The highest BCUT2D eigenvalue weighted by Gasteiger charge is 2.25. The summed E-state index contributed by atoms with van der Waals surface area (Å²) in [6.45, 7) is 17.8. The van der Waals surface area contributed by atoms with Crippen molar-refractivity contribution >= 4 is 79.9 Å². The molecule has 0 fully saturated rings. The van der Waals surface area contributed by atoms with Crippen molar-refractivity contribution in [2.45, 2.75) is 65.7 Å². The minimum Gasteiger partial charge on any atom is -0.478 e. The van der Waals surface area contributed by atoms with Gasteiger partial charge in [-0.25, -0.2) is 9.59 Å². The number of esters is 1. The molecule has 2 aromatic heterocycles. The molecule has 0 saturated carbocycles. The Morgan fingerprint density at radius 2 is 1.19 bits per heavy atom. The van der Waals surface area contributed by atoms with Crippen LogP contribution in [-0.4, -0.2) is 39.3 Å². The number of hydrogen-bond donors (Lipinski definition) is 1. The number of carboxylic acid groups (broad SMARTS) is 1. The summed E-state index contributed by atoms with van der Waals surface area (Å²) in [5, 5.41) is 12.7. The van der Waals surface area contributed by atoms with Gasteiger partial charge in [-0.1, -0.05) is 70.5 Å². The molecule has 5 rings (SSSR count). The maximum atomic E-state index is 13.6. The number of carbonyl (C=O) groups is 2. The number of aromatic carboxylic acids is 1. The molecular formula is C34H38O4S2Si2. The zero-order valence-electron chi connectivity index (χ0n) is 25.5. The van der Waals surface area contributed by atoms with Gasteiger partial charge < -0.3 is 9.84 Å². The van der Waals surface area contributed by atoms with Crippen LogP contribution in [0.25, 0.3) is 42.4 Å². The normalized spacial score (nSPS) is 13.0. The Morgan fingerprint density at radius 3 is 1.62 bits per heavy atom. The van der Waals surface area contributed by atoms with E-state index >= 15 is 0 Å². The molecule has 0 aliphatic carbocycles. The Bertz CT molecular complexity index is 1840. The van der Waals surface area contributed by atoms with Crippen LogP contribution in [0.2, 0.25) is 39.3 Å². The number of hydrogen-bond acceptors (Lipinski definition) is 5. The second kappa shape index (κ2) is 11.2. The molecule has 2 heterocycles. The van der Waals surface area contributed by atoms with E-state index in [1.807, 2.05) is 26.0 Å². The van der Waals surface area contributed by atoms with Crippen LogP contribution in [0.4, 0.5) is 0 Å². The molecule has 42 heavy (non-hydrogen) atoms. The van der Waals surface area contributed by atoms with E-state index in [2.05, 4.69) is 75.7 Å². The van der Waals surface area contributed by atoms with Crippen LogP contribution in [0.15, 0.2) is 60.7 Å². The fraction of sp³-hybridized carbons (Fsp3) is 0.294. The standard InChI is InChI=1S/C34H38O4S2Si2/c1-9-20(2)38-34(37)28-19-25(21-10-12-23-16-31(41(3,4)5)39-29(23)14-21)27(33(35)36)18-26(28)22-11-13-24-17-32(42(6,7)8)40-30(24)15-22/h10-20H,9H2,1-8H3,(H,35,36). The predicted molar refractivity (Wildman–Crippen MR) is 186 cm³/mol. The van der Waals surface area contributed by atoms with E-state index in [0.29, 0.717) is 23.1 Å². The lowest BCUT2D eigenvalue weighted by Gasteiger charge is -2.17. The maximum Gasteiger partial charge on any atom is 0.339 e. The van der Waals surface area contributed by atoms with E-state index in [4.69, 9.17) is 4.74 Å². The van der Waals surface area contributed by atoms with Gasteiger partial charge in [0, 0.05) is 9.40 Å². The maximum absolute atomic E-state index is 13.6. The van der Waals surface area contributed by atoms with Crippen LogP contribution >= 0.6 is 22.7 Å². The van der Waals surface area contributed by atoms with Gasteiger partial charge >= 0.3 is 11.9 Å². The van der Waals surface area contributed by atoms with E-state index in [9.17, 15) is 14.7 Å². The van der Waals surface area contributed by atoms with Gasteiger partial charge in [-0.3, -0.25) is 0 Å². The first-order valence-electron chi connectivity index (χ1n) is 14.4. The third kappa shape index (κ3) is 6.04. The Balaban J connectivity index is 1.72. The van der Waals surface area contributed by atoms with Crippen LogP contribution in [0, 0.1) is 0 Å². The first kappa shape index (κ1) is 30.4. The molecule has 0 bridgehead atoms. The summed E-state index contributed by atoms with van der Waals surface area (Å²) >= 11 is 3.57. The Kier molecular flexibility index (Phi) is 8.13. The second-order valence-electron chi connectivity index (χ2n) is 13.1. The quantitative estimate of drug-likeness (QED) is 0.137. The molecular weight excluding hydrogens is 593 g/mol. The van der Waals surface area contributed by atoms with Gasteiger partial charge in [0.2, 0.25) is 0 Å². The van der Waals surface area contributed by atoms with Crippen LogP contribution in [-0.2, 0) is 4.74 Å². The first-order chi connectivity index (χ1) is 19.7. The molecule has 1 atom stereocenters. The number of carboxylic acids is 1. The van der Waals surface area contributed by atoms with Crippen LogP contribution in [0.3, 0.4) is 0 Å². The summed E-state index contributed by atoms with van der Waals surface area (Å²) in [6.07, 6.45) is 0.436. The minimum absolute atomic E-state index is 0.167. The largest absolute Gasteiger partial charge is 0.478 e. The Morgan fingerprint density at radius 1 is 0.738 bits per heavy atom. The zero-order chi connectivity index (χ0) is 30.6. The third-order valence-electron chi connectivity index (χ3n) is 7.63. The summed E-state index contributed by atoms with van der Waals surface area (Å²) in [6, 6.07) is 20.1. The van der Waals surface area contributed by atoms with E-state index in [1.54, 1.807) is 34.8 Å².